The van der Waals surface area contributed by atoms with Gasteiger partial charge in [0.25, 0.3) is 0 Å². The first-order valence-electron chi connectivity index (χ1n) is 6.14. The van der Waals surface area contributed by atoms with Crippen LogP contribution in [0.3, 0.4) is 0 Å². The number of aliphatic hydroxyl groups excluding tert-OH is 1. The van der Waals surface area contributed by atoms with Gasteiger partial charge >= 0.3 is 0 Å². The molecule has 0 radical (unpaired) electrons. The van der Waals surface area contributed by atoms with E-state index in [0.717, 1.165) is 28.0 Å². The second kappa shape index (κ2) is 4.65. The third-order valence-electron chi connectivity index (χ3n) is 3.27. The van der Waals surface area contributed by atoms with Crippen molar-refractivity contribution in [3.8, 4) is 5.75 Å². The summed E-state index contributed by atoms with van der Waals surface area (Å²) in [5.74, 6) is 1.09. The number of benzene rings is 2. The van der Waals surface area contributed by atoms with E-state index in [-0.39, 0.29) is 5.76 Å². The highest BCUT2D eigenvalue weighted by Crippen LogP contribution is 2.28. The lowest BCUT2D eigenvalue weighted by Crippen LogP contribution is -1.93. The summed E-state index contributed by atoms with van der Waals surface area (Å²) in [4.78, 5) is 0. The smallest absolute Gasteiger partial charge is 0.124 e. The fourth-order valence-electron chi connectivity index (χ4n) is 2.24. The topological polar surface area (TPSA) is 29.5 Å². The SMILES string of the molecule is COc1ccc2c(c1)/C=C\c1ccccc1C(O)=C2. The first kappa shape index (κ1) is 11.6. The second-order valence-corrected chi connectivity index (χ2v) is 4.45. The van der Waals surface area contributed by atoms with Crippen LogP contribution in [0.2, 0.25) is 0 Å². The summed E-state index contributed by atoms with van der Waals surface area (Å²) in [5, 5.41) is 10.2. The van der Waals surface area contributed by atoms with Gasteiger partial charge in [0.2, 0.25) is 0 Å². The Labute approximate surface area is 112 Å². The lowest BCUT2D eigenvalue weighted by atomic mass is 9.97. The van der Waals surface area contributed by atoms with Crippen molar-refractivity contribution >= 4 is 24.0 Å². The molecule has 0 aliphatic heterocycles. The second-order valence-electron chi connectivity index (χ2n) is 4.45. The van der Waals surface area contributed by atoms with Crippen LogP contribution < -0.4 is 4.74 Å². The molecule has 0 bridgehead atoms. The van der Waals surface area contributed by atoms with Gasteiger partial charge in [-0.1, -0.05) is 42.5 Å². The molecule has 94 valence electrons. The van der Waals surface area contributed by atoms with Crippen molar-refractivity contribution in [2.75, 3.05) is 7.11 Å². The third kappa shape index (κ3) is 2.13. The minimum Gasteiger partial charge on any atom is -0.507 e. The summed E-state index contributed by atoms with van der Waals surface area (Å²) in [6, 6.07) is 13.6. The van der Waals surface area contributed by atoms with Gasteiger partial charge < -0.3 is 9.84 Å². The Morgan fingerprint density at radius 2 is 1.68 bits per heavy atom. The largest absolute Gasteiger partial charge is 0.507 e. The number of aliphatic hydroxyl groups is 1. The number of rotatable bonds is 1. The van der Waals surface area contributed by atoms with Crippen LogP contribution in [0.1, 0.15) is 22.3 Å². The van der Waals surface area contributed by atoms with Gasteiger partial charge in [0, 0.05) is 5.56 Å². The molecule has 1 N–H and O–H groups in total. The summed E-state index contributed by atoms with van der Waals surface area (Å²) in [5.41, 5.74) is 3.86. The van der Waals surface area contributed by atoms with Gasteiger partial charge in [-0.25, -0.2) is 0 Å². The molecule has 2 nitrogen and oxygen atoms in total. The van der Waals surface area contributed by atoms with E-state index in [1.54, 1.807) is 13.2 Å². The molecule has 3 rings (SSSR count). The van der Waals surface area contributed by atoms with Crippen LogP contribution in [0.25, 0.3) is 24.0 Å². The van der Waals surface area contributed by atoms with Gasteiger partial charge in [-0.05, 0) is 34.9 Å². The Kier molecular flexibility index (Phi) is 2.84. The minimum absolute atomic E-state index is 0.284. The van der Waals surface area contributed by atoms with Gasteiger partial charge in [-0.15, -0.1) is 0 Å². The standard InChI is InChI=1S/C17H14O2/c1-19-15-9-8-14-11-17(18)16-5-3-2-4-12(16)6-7-13(14)10-15/h2-11,18H,1H3/b7-6-,12-6?,13-7?,14-11?,17-11?,17-16?. The van der Waals surface area contributed by atoms with E-state index in [4.69, 9.17) is 4.74 Å². The maximum atomic E-state index is 10.2. The minimum atomic E-state index is 0.284. The van der Waals surface area contributed by atoms with Gasteiger partial charge in [0.1, 0.15) is 11.5 Å². The molecule has 0 atom stereocenters. The molecule has 2 aromatic carbocycles. The highest BCUT2D eigenvalue weighted by Gasteiger charge is 2.09. The van der Waals surface area contributed by atoms with Crippen molar-refractivity contribution in [3.63, 3.8) is 0 Å². The van der Waals surface area contributed by atoms with Crippen LogP contribution >= 0.6 is 0 Å². The van der Waals surface area contributed by atoms with Crippen molar-refractivity contribution in [2.45, 2.75) is 0 Å². The van der Waals surface area contributed by atoms with E-state index >= 15 is 0 Å². The highest BCUT2D eigenvalue weighted by molar-refractivity contribution is 5.89. The van der Waals surface area contributed by atoms with Crippen LogP contribution in [0.4, 0.5) is 0 Å². The molecule has 19 heavy (non-hydrogen) atoms. The lowest BCUT2D eigenvalue weighted by molar-refractivity contribution is 0.414. The first-order valence-corrected chi connectivity index (χ1v) is 6.14. The summed E-state index contributed by atoms with van der Waals surface area (Å²) in [6.07, 6.45) is 5.84. The zero-order valence-electron chi connectivity index (χ0n) is 10.6. The van der Waals surface area contributed by atoms with Gasteiger partial charge in [0.05, 0.1) is 7.11 Å². The summed E-state index contributed by atoms with van der Waals surface area (Å²) < 4.78 is 5.23. The predicted octanol–water partition coefficient (Wildman–Crippen LogP) is 4.24. The molecule has 0 spiro atoms. The molecule has 0 saturated carbocycles. The van der Waals surface area contributed by atoms with E-state index < -0.39 is 0 Å². The zero-order chi connectivity index (χ0) is 13.2. The Bertz CT molecular complexity index is 681. The number of methoxy groups -OCH3 is 1. The fourth-order valence-corrected chi connectivity index (χ4v) is 2.24. The summed E-state index contributed by atoms with van der Waals surface area (Å²) >= 11 is 0. The Hall–Kier alpha value is -2.48. The van der Waals surface area contributed by atoms with Gasteiger partial charge in [0.15, 0.2) is 0 Å². The van der Waals surface area contributed by atoms with Crippen LogP contribution in [0, 0.1) is 0 Å². The van der Waals surface area contributed by atoms with Crippen molar-refractivity contribution in [1.82, 2.24) is 0 Å². The predicted molar refractivity (Wildman–Crippen MR) is 78.9 cm³/mol. The molecule has 0 fully saturated rings. The van der Waals surface area contributed by atoms with E-state index in [9.17, 15) is 5.11 Å². The third-order valence-corrected chi connectivity index (χ3v) is 3.27. The van der Waals surface area contributed by atoms with Crippen LogP contribution in [0.15, 0.2) is 42.5 Å². The molecule has 0 amide bonds. The van der Waals surface area contributed by atoms with Crippen LogP contribution in [0.5, 0.6) is 5.75 Å². The highest BCUT2D eigenvalue weighted by atomic mass is 16.5. The molecule has 2 heteroatoms. The van der Waals surface area contributed by atoms with E-state index in [2.05, 4.69) is 0 Å². The normalized spacial score (nSPS) is 14.5. The summed E-state index contributed by atoms with van der Waals surface area (Å²) in [6.45, 7) is 0. The molecule has 0 heterocycles. The van der Waals surface area contributed by atoms with Crippen LogP contribution in [-0.4, -0.2) is 12.2 Å². The van der Waals surface area contributed by atoms with E-state index in [1.807, 2.05) is 54.6 Å². The maximum absolute atomic E-state index is 10.2. The molecule has 2 aromatic rings. The zero-order valence-corrected chi connectivity index (χ0v) is 10.6. The molecule has 0 aromatic heterocycles. The molecule has 0 saturated heterocycles. The van der Waals surface area contributed by atoms with Crippen molar-refractivity contribution in [3.05, 3.63) is 64.7 Å². The first-order chi connectivity index (χ1) is 9.28. The quantitative estimate of drug-likeness (QED) is 0.820. The number of ether oxygens (including phenoxy) is 1. The number of hydrogen-bond donors (Lipinski definition) is 1. The Balaban J connectivity index is 2.19. The molecule has 1 aliphatic rings. The summed E-state index contributed by atoms with van der Waals surface area (Å²) in [7, 11) is 1.65. The average molecular weight is 250 g/mol. The van der Waals surface area contributed by atoms with Gasteiger partial charge in [-0.3, -0.25) is 0 Å². The molecule has 0 unspecified atom stereocenters. The monoisotopic (exact) mass is 250 g/mol. The maximum Gasteiger partial charge on any atom is 0.124 e. The Morgan fingerprint density at radius 1 is 0.895 bits per heavy atom. The molecule has 1 aliphatic carbocycles. The van der Waals surface area contributed by atoms with Crippen molar-refractivity contribution < 1.29 is 9.84 Å². The number of fused-ring (bicyclic) bond motifs is 2. The van der Waals surface area contributed by atoms with E-state index in [0.29, 0.717) is 0 Å². The molecular formula is C17H14O2. The van der Waals surface area contributed by atoms with Crippen molar-refractivity contribution in [2.24, 2.45) is 0 Å². The van der Waals surface area contributed by atoms with Gasteiger partial charge in [-0.2, -0.15) is 0 Å². The average Bonchev–Trinajstić information content (AvgIpc) is 2.44. The fraction of sp³-hybridized carbons (Fsp3) is 0.0588. The van der Waals surface area contributed by atoms with Crippen molar-refractivity contribution in [1.29, 1.82) is 0 Å². The number of hydrogen-bond acceptors (Lipinski definition) is 2. The lowest BCUT2D eigenvalue weighted by Gasteiger charge is -2.11. The van der Waals surface area contributed by atoms with E-state index in [1.165, 1.54) is 0 Å². The molecular weight excluding hydrogens is 236 g/mol. The van der Waals surface area contributed by atoms with Crippen LogP contribution in [-0.2, 0) is 0 Å². The Morgan fingerprint density at radius 3 is 2.53 bits per heavy atom.